The van der Waals surface area contributed by atoms with E-state index in [1.54, 1.807) is 0 Å². The van der Waals surface area contributed by atoms with E-state index in [1.807, 2.05) is 0 Å². The zero-order chi connectivity index (χ0) is 16.6. The fraction of sp³-hybridized carbons (Fsp3) is 0.727. The molecular formula is C11H17N5O6S. The van der Waals surface area contributed by atoms with Gasteiger partial charge in [0.25, 0.3) is 0 Å². The molecule has 3 N–H and O–H groups in total. The Morgan fingerprint density at radius 1 is 1.39 bits per heavy atom. The van der Waals surface area contributed by atoms with Crippen molar-refractivity contribution in [3.63, 3.8) is 0 Å². The third kappa shape index (κ3) is 3.29. The first kappa shape index (κ1) is 16.1. The van der Waals surface area contributed by atoms with Crippen molar-refractivity contribution in [3.05, 3.63) is 11.8 Å². The van der Waals surface area contributed by atoms with Gasteiger partial charge in [-0.25, -0.2) is 4.79 Å². The Morgan fingerprint density at radius 3 is 2.87 bits per heavy atom. The summed E-state index contributed by atoms with van der Waals surface area (Å²) < 4.78 is 40.4. The predicted octanol–water partition coefficient (Wildman–Crippen LogP) is -0.364. The molecule has 1 aromatic heterocycles. The van der Waals surface area contributed by atoms with Crippen molar-refractivity contribution < 1.29 is 26.5 Å². The molecule has 12 heteroatoms. The van der Waals surface area contributed by atoms with E-state index in [4.69, 9.17) is 14.7 Å². The molecule has 128 valence electrons. The van der Waals surface area contributed by atoms with Crippen molar-refractivity contribution >= 4 is 16.4 Å². The number of rotatable bonds is 6. The SMILES string of the molecule is NCCCc1nnc(C2CC[C@@H]3CN2C(=O)N3OS(=O)(=O)O)o1. The molecule has 2 aliphatic rings. The molecule has 2 fully saturated rings. The quantitative estimate of drug-likeness (QED) is 0.657. The number of nitrogens with two attached hydrogens (primary N) is 1. The van der Waals surface area contributed by atoms with Gasteiger partial charge in [-0.2, -0.15) is 13.5 Å². The van der Waals surface area contributed by atoms with Crippen LogP contribution in [0.3, 0.4) is 0 Å². The first-order chi connectivity index (χ1) is 10.9. The number of amides is 2. The summed E-state index contributed by atoms with van der Waals surface area (Å²) in [4.78, 5) is 13.7. The Bertz CT molecular complexity index is 691. The number of hydroxylamine groups is 2. The second kappa shape index (κ2) is 6.03. The summed E-state index contributed by atoms with van der Waals surface area (Å²) in [5.74, 6) is 0.753. The summed E-state index contributed by atoms with van der Waals surface area (Å²) in [5, 5.41) is 8.57. The lowest BCUT2D eigenvalue weighted by Gasteiger charge is -2.27. The fourth-order valence-corrected chi connectivity index (χ4v) is 3.23. The van der Waals surface area contributed by atoms with Crippen LogP contribution in [0.1, 0.15) is 37.1 Å². The zero-order valence-corrected chi connectivity index (χ0v) is 13.0. The van der Waals surface area contributed by atoms with Crippen LogP contribution in [0.2, 0.25) is 0 Å². The summed E-state index contributed by atoms with van der Waals surface area (Å²) >= 11 is 0. The van der Waals surface area contributed by atoms with Crippen LogP contribution in [0, 0.1) is 0 Å². The Labute approximate surface area is 132 Å². The van der Waals surface area contributed by atoms with Crippen molar-refractivity contribution in [2.24, 2.45) is 5.73 Å². The standard InChI is InChI=1S/C11H17N5O6S/c12-5-1-2-9-13-14-10(21-9)8-4-3-7-6-15(8)11(17)16(7)22-23(18,19)20/h7-8H,1-6,12H2,(H,18,19,20)/t7-,8?/m1/s1. The summed E-state index contributed by atoms with van der Waals surface area (Å²) in [6.07, 6.45) is 2.29. The smallest absolute Gasteiger partial charge is 0.418 e. The number of nitrogens with zero attached hydrogens (tertiary/aromatic N) is 4. The Balaban J connectivity index is 1.74. The highest BCUT2D eigenvalue weighted by atomic mass is 32.3. The average molecular weight is 347 g/mol. The third-order valence-electron chi connectivity index (χ3n) is 3.86. The van der Waals surface area contributed by atoms with Crippen LogP contribution in [0.4, 0.5) is 4.79 Å². The molecule has 0 aliphatic carbocycles. The number of piperidine rings is 1. The van der Waals surface area contributed by atoms with Gasteiger partial charge in [-0.15, -0.1) is 14.5 Å². The molecule has 0 aromatic carbocycles. The average Bonchev–Trinajstić information content (AvgIpc) is 3.04. The highest BCUT2D eigenvalue weighted by Crippen LogP contribution is 2.38. The lowest BCUT2D eigenvalue weighted by atomic mass is 10.0. The van der Waals surface area contributed by atoms with Crippen LogP contribution in [0.25, 0.3) is 0 Å². The van der Waals surface area contributed by atoms with Crippen molar-refractivity contribution in [2.75, 3.05) is 13.1 Å². The fourth-order valence-electron chi connectivity index (χ4n) is 2.84. The zero-order valence-electron chi connectivity index (χ0n) is 12.2. The molecular weight excluding hydrogens is 330 g/mol. The van der Waals surface area contributed by atoms with Gasteiger partial charge in [-0.3, -0.25) is 4.55 Å². The van der Waals surface area contributed by atoms with Gasteiger partial charge in [0.2, 0.25) is 11.8 Å². The van der Waals surface area contributed by atoms with Crippen molar-refractivity contribution in [1.29, 1.82) is 0 Å². The first-order valence-electron chi connectivity index (χ1n) is 7.18. The molecule has 3 heterocycles. The van der Waals surface area contributed by atoms with Gasteiger partial charge in [0.15, 0.2) is 0 Å². The molecule has 2 aliphatic heterocycles. The Hall–Kier alpha value is -1.76. The topological polar surface area (TPSA) is 152 Å². The van der Waals surface area contributed by atoms with E-state index >= 15 is 0 Å². The molecule has 0 spiro atoms. The normalized spacial score (nSPS) is 24.5. The van der Waals surface area contributed by atoms with Crippen LogP contribution in [-0.2, 0) is 21.1 Å². The first-order valence-corrected chi connectivity index (χ1v) is 8.54. The maximum Gasteiger partial charge on any atom is 0.418 e. The lowest BCUT2D eigenvalue weighted by Crippen LogP contribution is -2.35. The number of aromatic nitrogens is 2. The summed E-state index contributed by atoms with van der Waals surface area (Å²) in [6, 6.07) is -1.54. The van der Waals surface area contributed by atoms with Gasteiger partial charge in [0, 0.05) is 13.0 Å². The largest absolute Gasteiger partial charge is 0.423 e. The second-order valence-corrected chi connectivity index (χ2v) is 6.44. The number of carbonyl (C=O) groups excluding carboxylic acids is 1. The van der Waals surface area contributed by atoms with Gasteiger partial charge < -0.3 is 15.1 Å². The van der Waals surface area contributed by atoms with Crippen LogP contribution in [-0.4, -0.2) is 58.3 Å². The van der Waals surface area contributed by atoms with E-state index in [1.165, 1.54) is 4.90 Å². The second-order valence-electron chi connectivity index (χ2n) is 5.44. The van der Waals surface area contributed by atoms with Gasteiger partial charge in [0.1, 0.15) is 6.04 Å². The Kier molecular flexibility index (Phi) is 4.23. The molecule has 1 unspecified atom stereocenters. The minimum absolute atomic E-state index is 0.263. The van der Waals surface area contributed by atoms with Crippen molar-refractivity contribution in [1.82, 2.24) is 20.2 Å². The van der Waals surface area contributed by atoms with E-state index in [0.717, 1.165) is 0 Å². The summed E-state index contributed by atoms with van der Waals surface area (Å²) in [5.41, 5.74) is 5.43. The Morgan fingerprint density at radius 2 is 2.17 bits per heavy atom. The molecule has 2 amide bonds. The summed E-state index contributed by atoms with van der Waals surface area (Å²) in [6.45, 7) is 0.773. The molecule has 2 atom stereocenters. The minimum Gasteiger partial charge on any atom is -0.423 e. The molecule has 3 rings (SSSR count). The molecule has 0 saturated carbocycles. The van der Waals surface area contributed by atoms with Crippen LogP contribution < -0.4 is 5.73 Å². The molecule has 2 bridgehead atoms. The molecule has 11 nitrogen and oxygen atoms in total. The maximum atomic E-state index is 12.3. The van der Waals surface area contributed by atoms with Gasteiger partial charge in [-0.05, 0) is 25.8 Å². The minimum atomic E-state index is -4.75. The number of hydrogen-bond acceptors (Lipinski definition) is 8. The number of aryl methyl sites for hydroxylation is 1. The molecule has 0 radical (unpaired) electrons. The molecule has 1 aromatic rings. The number of hydrogen-bond donors (Lipinski definition) is 2. The third-order valence-corrected chi connectivity index (χ3v) is 4.21. The highest BCUT2D eigenvalue weighted by molar-refractivity contribution is 7.80. The maximum absolute atomic E-state index is 12.3. The van der Waals surface area contributed by atoms with E-state index in [2.05, 4.69) is 14.5 Å². The predicted molar refractivity (Wildman–Crippen MR) is 74.0 cm³/mol. The number of carbonyl (C=O) groups is 1. The highest BCUT2D eigenvalue weighted by Gasteiger charge is 2.49. The molecule has 2 saturated heterocycles. The molecule has 23 heavy (non-hydrogen) atoms. The van der Waals surface area contributed by atoms with Crippen LogP contribution >= 0.6 is 0 Å². The van der Waals surface area contributed by atoms with E-state index in [0.29, 0.717) is 49.1 Å². The number of fused-ring (bicyclic) bond motifs is 2. The van der Waals surface area contributed by atoms with E-state index in [-0.39, 0.29) is 6.54 Å². The lowest BCUT2D eigenvalue weighted by molar-refractivity contribution is -0.0317. The van der Waals surface area contributed by atoms with Crippen LogP contribution in [0.15, 0.2) is 4.42 Å². The monoisotopic (exact) mass is 347 g/mol. The van der Waals surface area contributed by atoms with Crippen molar-refractivity contribution in [3.8, 4) is 0 Å². The van der Waals surface area contributed by atoms with Gasteiger partial charge in [0.05, 0.1) is 6.04 Å². The van der Waals surface area contributed by atoms with E-state index in [9.17, 15) is 13.2 Å². The van der Waals surface area contributed by atoms with E-state index < -0.39 is 28.5 Å². The summed E-state index contributed by atoms with van der Waals surface area (Å²) in [7, 11) is -4.75. The van der Waals surface area contributed by atoms with Gasteiger partial charge >= 0.3 is 16.4 Å². The van der Waals surface area contributed by atoms with Crippen LogP contribution in [0.5, 0.6) is 0 Å². The number of urea groups is 1. The van der Waals surface area contributed by atoms with Gasteiger partial charge in [-0.1, -0.05) is 0 Å². The van der Waals surface area contributed by atoms with Crippen molar-refractivity contribution in [2.45, 2.75) is 37.8 Å².